The summed E-state index contributed by atoms with van der Waals surface area (Å²) in [7, 11) is 3.30. The molecule has 3 aromatic rings. The zero-order valence-corrected chi connectivity index (χ0v) is 17.6. The lowest BCUT2D eigenvalue weighted by Gasteiger charge is -2.26. The number of nitrogens with zero attached hydrogens (tertiary/aromatic N) is 2. The van der Waals surface area contributed by atoms with E-state index in [1.165, 1.54) is 0 Å². The quantitative estimate of drug-likeness (QED) is 0.475. The van der Waals surface area contributed by atoms with Crippen LogP contribution in [0.4, 0.5) is 5.69 Å². The standard InChI is InChI=1S/C23H20Cl2N2O2/c1-28-17-11-12-18(23(13-17)29-2)22-14-20(15-7-9-16(24)10-8-15)26-27(22)21-6-4-3-5-19(21)25/h3-13,22H,14H2,1-2H3/t22-/m0/s1. The summed E-state index contributed by atoms with van der Waals surface area (Å²) < 4.78 is 11.0. The Hall–Kier alpha value is -2.69. The molecule has 0 saturated heterocycles. The van der Waals surface area contributed by atoms with E-state index in [0.29, 0.717) is 16.5 Å². The average Bonchev–Trinajstić information content (AvgIpc) is 3.19. The third kappa shape index (κ3) is 3.91. The second-order valence-corrected chi connectivity index (χ2v) is 7.52. The third-order valence-corrected chi connectivity index (χ3v) is 5.56. The van der Waals surface area contributed by atoms with Gasteiger partial charge in [0.15, 0.2) is 0 Å². The van der Waals surface area contributed by atoms with Crippen LogP contribution in [-0.2, 0) is 0 Å². The molecule has 6 heteroatoms. The maximum Gasteiger partial charge on any atom is 0.127 e. The molecule has 0 fully saturated rings. The molecule has 4 nitrogen and oxygen atoms in total. The first-order valence-electron chi connectivity index (χ1n) is 9.20. The van der Waals surface area contributed by atoms with Crippen LogP contribution in [0.2, 0.25) is 10.0 Å². The summed E-state index contributed by atoms with van der Waals surface area (Å²) in [6.45, 7) is 0. The first-order chi connectivity index (χ1) is 14.1. The molecule has 29 heavy (non-hydrogen) atoms. The molecule has 0 N–H and O–H groups in total. The molecule has 1 atom stereocenters. The molecule has 0 saturated carbocycles. The maximum absolute atomic E-state index is 6.51. The fourth-order valence-corrected chi connectivity index (χ4v) is 3.87. The number of methoxy groups -OCH3 is 2. The molecule has 148 valence electrons. The molecule has 4 rings (SSSR count). The van der Waals surface area contributed by atoms with E-state index in [-0.39, 0.29) is 6.04 Å². The van der Waals surface area contributed by atoms with Gasteiger partial charge < -0.3 is 9.47 Å². The number of hydrogen-bond acceptors (Lipinski definition) is 4. The number of hydrogen-bond donors (Lipinski definition) is 0. The highest BCUT2D eigenvalue weighted by molar-refractivity contribution is 6.33. The summed E-state index contributed by atoms with van der Waals surface area (Å²) in [4.78, 5) is 0. The number of ether oxygens (including phenoxy) is 2. The Labute approximate surface area is 180 Å². The Balaban J connectivity index is 1.80. The van der Waals surface area contributed by atoms with Gasteiger partial charge in [0, 0.05) is 23.1 Å². The predicted molar refractivity (Wildman–Crippen MR) is 119 cm³/mol. The predicted octanol–water partition coefficient (Wildman–Crippen LogP) is 6.37. The van der Waals surface area contributed by atoms with Crippen molar-refractivity contribution < 1.29 is 9.47 Å². The summed E-state index contributed by atoms with van der Waals surface area (Å²) in [6.07, 6.45) is 0.704. The molecule has 0 amide bonds. The van der Waals surface area contributed by atoms with E-state index in [1.807, 2.05) is 71.7 Å². The van der Waals surface area contributed by atoms with Crippen molar-refractivity contribution in [1.29, 1.82) is 0 Å². The molecule has 1 aliphatic heterocycles. The zero-order chi connectivity index (χ0) is 20.4. The van der Waals surface area contributed by atoms with Crippen LogP contribution in [-0.4, -0.2) is 19.9 Å². The monoisotopic (exact) mass is 426 g/mol. The minimum Gasteiger partial charge on any atom is -0.497 e. The number of anilines is 1. The minimum atomic E-state index is -0.0681. The highest BCUT2D eigenvalue weighted by Crippen LogP contribution is 2.43. The Morgan fingerprint density at radius 1 is 0.931 bits per heavy atom. The number of hydrazone groups is 1. The van der Waals surface area contributed by atoms with Gasteiger partial charge in [-0.1, -0.05) is 47.5 Å². The van der Waals surface area contributed by atoms with Crippen molar-refractivity contribution in [3.05, 3.63) is 87.9 Å². The normalized spacial score (nSPS) is 15.9. The zero-order valence-electron chi connectivity index (χ0n) is 16.1. The van der Waals surface area contributed by atoms with Crippen LogP contribution < -0.4 is 14.5 Å². The van der Waals surface area contributed by atoms with Crippen molar-refractivity contribution in [3.63, 3.8) is 0 Å². The van der Waals surface area contributed by atoms with Gasteiger partial charge in [0.05, 0.1) is 36.7 Å². The molecule has 1 heterocycles. The molecule has 0 radical (unpaired) electrons. The summed E-state index contributed by atoms with van der Waals surface area (Å²) >= 11 is 12.6. The lowest BCUT2D eigenvalue weighted by Crippen LogP contribution is -2.19. The van der Waals surface area contributed by atoms with Gasteiger partial charge in [0.25, 0.3) is 0 Å². The molecular weight excluding hydrogens is 407 g/mol. The van der Waals surface area contributed by atoms with Gasteiger partial charge in [-0.15, -0.1) is 0 Å². The van der Waals surface area contributed by atoms with E-state index in [1.54, 1.807) is 14.2 Å². The van der Waals surface area contributed by atoms with Gasteiger partial charge in [0.1, 0.15) is 11.5 Å². The van der Waals surface area contributed by atoms with Crippen LogP contribution in [0, 0.1) is 0 Å². The lowest BCUT2D eigenvalue weighted by atomic mass is 9.97. The fourth-order valence-electron chi connectivity index (χ4n) is 3.52. The van der Waals surface area contributed by atoms with Crippen molar-refractivity contribution >= 4 is 34.6 Å². The molecule has 3 aromatic carbocycles. The van der Waals surface area contributed by atoms with Crippen molar-refractivity contribution in [2.75, 3.05) is 19.2 Å². The highest BCUT2D eigenvalue weighted by atomic mass is 35.5. The minimum absolute atomic E-state index is 0.0681. The van der Waals surface area contributed by atoms with Crippen LogP contribution >= 0.6 is 23.2 Å². The third-order valence-electron chi connectivity index (χ3n) is 4.99. The van der Waals surface area contributed by atoms with Crippen molar-refractivity contribution in [3.8, 4) is 11.5 Å². The summed E-state index contributed by atoms with van der Waals surface area (Å²) in [5, 5.41) is 8.24. The molecule has 1 aliphatic rings. The van der Waals surface area contributed by atoms with Gasteiger partial charge in [-0.3, -0.25) is 5.01 Å². The second-order valence-electron chi connectivity index (χ2n) is 6.68. The summed E-state index contributed by atoms with van der Waals surface area (Å²) in [6, 6.07) is 21.2. The topological polar surface area (TPSA) is 34.1 Å². The van der Waals surface area contributed by atoms with Crippen LogP contribution in [0.1, 0.15) is 23.6 Å². The van der Waals surface area contributed by atoms with Crippen LogP contribution in [0.5, 0.6) is 11.5 Å². The van der Waals surface area contributed by atoms with E-state index in [2.05, 4.69) is 0 Å². The van der Waals surface area contributed by atoms with Gasteiger partial charge in [0.2, 0.25) is 0 Å². The smallest absolute Gasteiger partial charge is 0.127 e. The van der Waals surface area contributed by atoms with E-state index < -0.39 is 0 Å². The number of halogens is 2. The molecule has 0 aromatic heterocycles. The summed E-state index contributed by atoms with van der Waals surface area (Å²) in [5.74, 6) is 1.49. The number of rotatable bonds is 5. The lowest BCUT2D eigenvalue weighted by molar-refractivity contribution is 0.388. The van der Waals surface area contributed by atoms with E-state index >= 15 is 0 Å². The van der Waals surface area contributed by atoms with Crippen LogP contribution in [0.25, 0.3) is 0 Å². The number of para-hydroxylation sites is 1. The Morgan fingerprint density at radius 2 is 1.69 bits per heavy atom. The van der Waals surface area contributed by atoms with Gasteiger partial charge in [-0.2, -0.15) is 5.10 Å². The molecule has 0 unspecified atom stereocenters. The van der Waals surface area contributed by atoms with E-state index in [4.69, 9.17) is 37.8 Å². The van der Waals surface area contributed by atoms with Gasteiger partial charge in [-0.25, -0.2) is 0 Å². The van der Waals surface area contributed by atoms with E-state index in [0.717, 1.165) is 34.0 Å². The van der Waals surface area contributed by atoms with Crippen LogP contribution in [0.15, 0.2) is 71.8 Å². The molecular formula is C23H20Cl2N2O2. The number of benzene rings is 3. The largest absolute Gasteiger partial charge is 0.497 e. The van der Waals surface area contributed by atoms with Gasteiger partial charge in [-0.05, 0) is 42.0 Å². The average molecular weight is 427 g/mol. The van der Waals surface area contributed by atoms with Crippen LogP contribution in [0.3, 0.4) is 0 Å². The SMILES string of the molecule is COc1ccc([C@@H]2CC(c3ccc(Cl)cc3)=NN2c2ccccc2Cl)c(OC)c1. The van der Waals surface area contributed by atoms with Crippen molar-refractivity contribution in [2.45, 2.75) is 12.5 Å². The Kier molecular flexibility index (Phi) is 5.65. The van der Waals surface area contributed by atoms with E-state index in [9.17, 15) is 0 Å². The first-order valence-corrected chi connectivity index (χ1v) is 9.95. The fraction of sp³-hybridized carbons (Fsp3) is 0.174. The molecule has 0 bridgehead atoms. The highest BCUT2D eigenvalue weighted by Gasteiger charge is 2.33. The van der Waals surface area contributed by atoms with Crippen molar-refractivity contribution in [2.24, 2.45) is 5.10 Å². The van der Waals surface area contributed by atoms with Crippen molar-refractivity contribution in [1.82, 2.24) is 0 Å². The molecule has 0 aliphatic carbocycles. The molecule has 0 spiro atoms. The second kappa shape index (κ2) is 8.36. The summed E-state index contributed by atoms with van der Waals surface area (Å²) in [5.41, 5.74) is 3.85. The first kappa shape index (κ1) is 19.6. The maximum atomic E-state index is 6.51. The van der Waals surface area contributed by atoms with Gasteiger partial charge >= 0.3 is 0 Å². The Morgan fingerprint density at radius 3 is 2.38 bits per heavy atom. The Bertz CT molecular complexity index is 1050.